The van der Waals surface area contributed by atoms with E-state index >= 15 is 0 Å². The van der Waals surface area contributed by atoms with E-state index in [9.17, 15) is 9.59 Å². The van der Waals surface area contributed by atoms with Gasteiger partial charge in [-0.25, -0.2) is 0 Å². The SMILES string of the molecule is COc1ccc(S[C@@H](C)C(=O)N2CC(=O)Nc3ccccc32)cc1OC. The molecule has 0 fully saturated rings. The van der Waals surface area contributed by atoms with Crippen LogP contribution in [0.3, 0.4) is 0 Å². The molecule has 26 heavy (non-hydrogen) atoms. The lowest BCUT2D eigenvalue weighted by Gasteiger charge is -2.30. The van der Waals surface area contributed by atoms with Gasteiger partial charge in [-0.2, -0.15) is 0 Å². The molecule has 1 N–H and O–H groups in total. The van der Waals surface area contributed by atoms with E-state index in [-0.39, 0.29) is 23.6 Å². The molecule has 0 radical (unpaired) electrons. The number of thioether (sulfide) groups is 1. The van der Waals surface area contributed by atoms with Gasteiger partial charge < -0.3 is 14.8 Å². The van der Waals surface area contributed by atoms with Crippen LogP contribution in [0.5, 0.6) is 11.5 Å². The van der Waals surface area contributed by atoms with Crippen LogP contribution in [0.2, 0.25) is 0 Å². The van der Waals surface area contributed by atoms with Crippen molar-refractivity contribution in [3.63, 3.8) is 0 Å². The molecular formula is C19H20N2O4S. The first kappa shape index (κ1) is 18.1. The summed E-state index contributed by atoms with van der Waals surface area (Å²) in [5.41, 5.74) is 1.37. The summed E-state index contributed by atoms with van der Waals surface area (Å²) in [5, 5.41) is 2.42. The maximum atomic E-state index is 13.0. The highest BCUT2D eigenvalue weighted by molar-refractivity contribution is 8.00. The standard InChI is InChI=1S/C19H20N2O4S/c1-12(26-13-8-9-16(24-2)17(10-13)25-3)19(23)21-11-18(22)20-14-6-4-5-7-15(14)21/h4-10,12H,11H2,1-3H3,(H,20,22)/t12-/m0/s1. The van der Waals surface area contributed by atoms with Crippen LogP contribution in [0.4, 0.5) is 11.4 Å². The molecule has 1 aliphatic rings. The number of carbonyl (C=O) groups excluding carboxylic acids is 2. The summed E-state index contributed by atoms with van der Waals surface area (Å²) in [6.45, 7) is 1.85. The fourth-order valence-electron chi connectivity index (χ4n) is 2.79. The van der Waals surface area contributed by atoms with Crippen molar-refractivity contribution < 1.29 is 19.1 Å². The van der Waals surface area contributed by atoms with Gasteiger partial charge in [-0.15, -0.1) is 11.8 Å². The monoisotopic (exact) mass is 372 g/mol. The summed E-state index contributed by atoms with van der Waals surface area (Å²) in [7, 11) is 3.15. The minimum Gasteiger partial charge on any atom is -0.493 e. The Morgan fingerprint density at radius 3 is 2.62 bits per heavy atom. The summed E-state index contributed by atoms with van der Waals surface area (Å²) in [5.74, 6) is 0.935. The van der Waals surface area contributed by atoms with Crippen molar-refractivity contribution >= 4 is 35.0 Å². The van der Waals surface area contributed by atoms with Crippen molar-refractivity contribution in [1.82, 2.24) is 0 Å². The van der Waals surface area contributed by atoms with Crippen molar-refractivity contribution in [2.24, 2.45) is 0 Å². The van der Waals surface area contributed by atoms with E-state index in [1.54, 1.807) is 20.3 Å². The maximum absolute atomic E-state index is 13.0. The van der Waals surface area contributed by atoms with E-state index in [4.69, 9.17) is 9.47 Å². The molecule has 1 heterocycles. The number of anilines is 2. The third-order valence-electron chi connectivity index (χ3n) is 4.05. The zero-order chi connectivity index (χ0) is 18.7. The Bertz CT molecular complexity index is 840. The fourth-order valence-corrected chi connectivity index (χ4v) is 3.75. The quantitative estimate of drug-likeness (QED) is 0.817. The molecule has 0 aliphatic carbocycles. The van der Waals surface area contributed by atoms with Crippen LogP contribution in [0, 0.1) is 0 Å². The number of hydrogen-bond donors (Lipinski definition) is 1. The van der Waals surface area contributed by atoms with Gasteiger partial charge >= 0.3 is 0 Å². The topological polar surface area (TPSA) is 67.9 Å². The molecule has 0 spiro atoms. The molecule has 0 bridgehead atoms. The number of fused-ring (bicyclic) bond motifs is 1. The molecule has 1 aliphatic heterocycles. The van der Waals surface area contributed by atoms with Crippen molar-refractivity contribution in [2.75, 3.05) is 31.0 Å². The summed E-state index contributed by atoms with van der Waals surface area (Å²) < 4.78 is 10.5. The number of para-hydroxylation sites is 2. The highest BCUT2D eigenvalue weighted by Crippen LogP contribution is 2.35. The lowest BCUT2D eigenvalue weighted by atomic mass is 10.2. The second-order valence-corrected chi connectivity index (χ2v) is 7.18. The Kier molecular flexibility index (Phi) is 5.37. The first-order valence-electron chi connectivity index (χ1n) is 8.12. The molecule has 0 saturated carbocycles. The number of benzene rings is 2. The summed E-state index contributed by atoms with van der Waals surface area (Å²) in [6, 6.07) is 12.8. The van der Waals surface area contributed by atoms with Crippen molar-refractivity contribution in [3.05, 3.63) is 42.5 Å². The Hall–Kier alpha value is -2.67. The highest BCUT2D eigenvalue weighted by Gasteiger charge is 2.30. The van der Waals surface area contributed by atoms with Crippen LogP contribution >= 0.6 is 11.8 Å². The molecule has 0 aromatic heterocycles. The molecule has 2 aromatic carbocycles. The Labute approximate surface area is 156 Å². The van der Waals surface area contributed by atoms with Crippen LogP contribution in [0.1, 0.15) is 6.92 Å². The van der Waals surface area contributed by atoms with Gasteiger partial charge in [0.15, 0.2) is 11.5 Å². The van der Waals surface area contributed by atoms with Gasteiger partial charge in [0.2, 0.25) is 11.8 Å². The van der Waals surface area contributed by atoms with Gasteiger partial charge in [-0.3, -0.25) is 14.5 Å². The van der Waals surface area contributed by atoms with Gasteiger partial charge in [-0.05, 0) is 37.3 Å². The largest absolute Gasteiger partial charge is 0.493 e. The average Bonchev–Trinajstić information content (AvgIpc) is 2.66. The van der Waals surface area contributed by atoms with Gasteiger partial charge in [-0.1, -0.05) is 12.1 Å². The molecule has 0 unspecified atom stereocenters. The summed E-state index contributed by atoms with van der Waals surface area (Å²) in [4.78, 5) is 27.3. The second kappa shape index (κ2) is 7.70. The number of carbonyl (C=O) groups is 2. The molecule has 3 rings (SSSR count). The number of hydrogen-bond acceptors (Lipinski definition) is 5. The number of methoxy groups -OCH3 is 2. The summed E-state index contributed by atoms with van der Waals surface area (Å²) >= 11 is 1.41. The normalized spacial score (nSPS) is 14.3. The van der Waals surface area contributed by atoms with Crippen molar-refractivity contribution in [3.8, 4) is 11.5 Å². The van der Waals surface area contributed by atoms with E-state index in [2.05, 4.69) is 5.32 Å². The van der Waals surface area contributed by atoms with Crippen LogP contribution in [-0.2, 0) is 9.59 Å². The van der Waals surface area contributed by atoms with E-state index in [0.29, 0.717) is 17.2 Å². The van der Waals surface area contributed by atoms with Crippen LogP contribution in [0.15, 0.2) is 47.4 Å². The number of nitrogens with zero attached hydrogens (tertiary/aromatic N) is 1. The number of nitrogens with one attached hydrogen (secondary N) is 1. The van der Waals surface area contributed by atoms with Crippen molar-refractivity contribution in [1.29, 1.82) is 0 Å². The predicted molar refractivity (Wildman–Crippen MR) is 102 cm³/mol. The van der Waals surface area contributed by atoms with E-state index in [1.807, 2.05) is 43.3 Å². The molecule has 0 saturated heterocycles. The van der Waals surface area contributed by atoms with Crippen LogP contribution in [-0.4, -0.2) is 37.8 Å². The molecule has 136 valence electrons. The summed E-state index contributed by atoms with van der Waals surface area (Å²) in [6.07, 6.45) is 0. The van der Waals surface area contributed by atoms with Gasteiger partial charge in [0.1, 0.15) is 6.54 Å². The Morgan fingerprint density at radius 2 is 1.88 bits per heavy atom. The minimum absolute atomic E-state index is 0.0205. The number of ether oxygens (including phenoxy) is 2. The highest BCUT2D eigenvalue weighted by atomic mass is 32.2. The molecule has 2 aromatic rings. The third-order valence-corrected chi connectivity index (χ3v) is 5.13. The second-order valence-electron chi connectivity index (χ2n) is 5.77. The molecular weight excluding hydrogens is 352 g/mol. The maximum Gasteiger partial charge on any atom is 0.244 e. The lowest BCUT2D eigenvalue weighted by molar-refractivity contribution is -0.121. The predicted octanol–water partition coefficient (Wildman–Crippen LogP) is 3.17. The molecule has 6 nitrogen and oxygen atoms in total. The van der Waals surface area contributed by atoms with Crippen LogP contribution in [0.25, 0.3) is 0 Å². The smallest absolute Gasteiger partial charge is 0.244 e. The van der Waals surface area contributed by atoms with E-state index < -0.39 is 0 Å². The Balaban J connectivity index is 1.79. The first-order valence-corrected chi connectivity index (χ1v) is 9.00. The number of rotatable bonds is 5. The van der Waals surface area contributed by atoms with E-state index in [0.717, 1.165) is 10.6 Å². The average molecular weight is 372 g/mol. The lowest BCUT2D eigenvalue weighted by Crippen LogP contribution is -2.45. The molecule has 7 heteroatoms. The number of amides is 2. The molecule has 2 amide bonds. The van der Waals surface area contributed by atoms with Crippen molar-refractivity contribution in [2.45, 2.75) is 17.1 Å². The van der Waals surface area contributed by atoms with Gasteiger partial charge in [0.25, 0.3) is 0 Å². The zero-order valence-electron chi connectivity index (χ0n) is 14.8. The minimum atomic E-state index is -0.368. The Morgan fingerprint density at radius 1 is 1.15 bits per heavy atom. The van der Waals surface area contributed by atoms with Gasteiger partial charge in [0, 0.05) is 4.90 Å². The fraction of sp³-hybridized carbons (Fsp3) is 0.263. The zero-order valence-corrected chi connectivity index (χ0v) is 15.6. The third kappa shape index (κ3) is 3.62. The van der Waals surface area contributed by atoms with E-state index in [1.165, 1.54) is 16.7 Å². The molecule has 1 atom stereocenters. The first-order chi connectivity index (χ1) is 12.5. The van der Waals surface area contributed by atoms with Crippen LogP contribution < -0.4 is 19.7 Å². The van der Waals surface area contributed by atoms with Gasteiger partial charge in [0.05, 0.1) is 30.8 Å².